The van der Waals surface area contributed by atoms with E-state index in [0.29, 0.717) is 31.6 Å². The van der Waals surface area contributed by atoms with E-state index in [0.717, 1.165) is 6.07 Å². The maximum atomic E-state index is 11.8. The van der Waals surface area contributed by atoms with Gasteiger partial charge in [0.15, 0.2) is 0 Å². The fourth-order valence-corrected chi connectivity index (χ4v) is 3.84. The summed E-state index contributed by atoms with van der Waals surface area (Å²) >= 11 is 1.26. The van der Waals surface area contributed by atoms with Gasteiger partial charge in [0, 0.05) is 38.1 Å². The van der Waals surface area contributed by atoms with E-state index in [2.05, 4.69) is 0 Å². The number of nitrogens with zero attached hydrogens (tertiary/aromatic N) is 2. The quantitative estimate of drug-likeness (QED) is 0.327. The van der Waals surface area contributed by atoms with E-state index < -0.39 is 11.9 Å². The lowest BCUT2D eigenvalue weighted by Gasteiger charge is -2.29. The molecule has 2 rings (SSSR count). The fraction of sp³-hybridized carbons (Fsp3) is 0.364. The Hall–Kier alpha value is -1.23. The number of anilines is 1. The van der Waals surface area contributed by atoms with Gasteiger partial charge < -0.3 is 4.90 Å². The summed E-state index contributed by atoms with van der Waals surface area (Å²) in [6.45, 7) is 0.853. The molecule has 1 aliphatic heterocycles. The van der Waals surface area contributed by atoms with Gasteiger partial charge in [-0.15, -0.1) is 0 Å². The molecule has 0 saturated carbocycles. The Morgan fingerprint density at radius 1 is 1.25 bits per heavy atom. The van der Waals surface area contributed by atoms with Crippen molar-refractivity contribution in [3.63, 3.8) is 0 Å². The summed E-state index contributed by atoms with van der Waals surface area (Å²) in [6.07, 6.45) is 0.718. The topological polar surface area (TPSA) is 97.6 Å². The summed E-state index contributed by atoms with van der Waals surface area (Å²) in [5.74, 6) is 0.141. The number of nitro groups is 1. The van der Waals surface area contributed by atoms with Crippen LogP contribution in [-0.4, -0.2) is 32.2 Å². The number of hydrogen-bond acceptors (Lipinski definition) is 6. The lowest BCUT2D eigenvalue weighted by molar-refractivity contribution is -0.385. The van der Waals surface area contributed by atoms with Gasteiger partial charge in [0.1, 0.15) is 10.7 Å². The third-order valence-corrected chi connectivity index (χ3v) is 5.35. The van der Waals surface area contributed by atoms with Crippen LogP contribution in [0.4, 0.5) is 11.4 Å². The molecule has 1 saturated heterocycles. The second-order valence-electron chi connectivity index (χ2n) is 4.37. The molecule has 20 heavy (non-hydrogen) atoms. The largest absolute Gasteiger partial charge is 0.370 e. The predicted molar refractivity (Wildman–Crippen MR) is 80.8 cm³/mol. The number of carbonyl (C=O) groups excluding carboxylic acids is 1. The van der Waals surface area contributed by atoms with Gasteiger partial charge >= 0.3 is 0 Å². The molecule has 1 heterocycles. The zero-order chi connectivity index (χ0) is 14.9. The van der Waals surface area contributed by atoms with Crippen LogP contribution in [-0.2, 0) is 11.8 Å². The lowest BCUT2D eigenvalue weighted by Crippen LogP contribution is -2.34. The summed E-state index contributed by atoms with van der Waals surface area (Å²) in [7, 11) is -3.61. The molecule has 0 spiro atoms. The summed E-state index contributed by atoms with van der Waals surface area (Å²) in [4.78, 5) is 23.1. The van der Waals surface area contributed by atoms with Crippen molar-refractivity contribution in [2.24, 2.45) is 0 Å². The minimum atomic E-state index is -3.61. The van der Waals surface area contributed by atoms with Crippen LogP contribution in [0.1, 0.15) is 12.8 Å². The molecule has 108 valence electrons. The SMILES string of the molecule is O=C1CCN(c2ccc([N+](=O)[O-])cc2S(=O)(=O)I)CC1. The third-order valence-electron chi connectivity index (χ3n) is 3.08. The Kier molecular flexibility index (Phi) is 4.28. The molecule has 0 N–H and O–H groups in total. The van der Waals surface area contributed by atoms with E-state index in [1.807, 2.05) is 0 Å². The first-order valence-corrected chi connectivity index (χ1v) is 9.81. The van der Waals surface area contributed by atoms with E-state index in [1.54, 1.807) is 4.90 Å². The van der Waals surface area contributed by atoms with Gasteiger partial charge in [-0.1, -0.05) is 0 Å². The molecule has 0 aromatic heterocycles. The molecule has 0 radical (unpaired) electrons. The molecule has 0 unspecified atom stereocenters. The van der Waals surface area contributed by atoms with Crippen LogP contribution in [0.2, 0.25) is 0 Å². The Morgan fingerprint density at radius 2 is 1.85 bits per heavy atom. The Morgan fingerprint density at radius 3 is 2.35 bits per heavy atom. The lowest BCUT2D eigenvalue weighted by atomic mass is 10.1. The van der Waals surface area contributed by atoms with Crippen LogP contribution >= 0.6 is 21.2 Å². The molecule has 0 amide bonds. The molecule has 0 atom stereocenters. The fourth-order valence-electron chi connectivity index (χ4n) is 2.07. The van der Waals surface area contributed by atoms with Gasteiger partial charge in [-0.2, -0.15) is 0 Å². The molecule has 1 aromatic carbocycles. The van der Waals surface area contributed by atoms with Crippen molar-refractivity contribution in [3.05, 3.63) is 28.3 Å². The highest BCUT2D eigenvalue weighted by atomic mass is 127. The summed E-state index contributed by atoms with van der Waals surface area (Å²) in [5, 5.41) is 10.8. The summed E-state index contributed by atoms with van der Waals surface area (Å²) < 4.78 is 23.6. The van der Waals surface area contributed by atoms with Crippen molar-refractivity contribution in [3.8, 4) is 0 Å². The van der Waals surface area contributed by atoms with Crippen molar-refractivity contribution >= 4 is 45.4 Å². The number of halogens is 1. The predicted octanol–water partition coefficient (Wildman–Crippen LogP) is 1.89. The van der Waals surface area contributed by atoms with Crippen LogP contribution in [0.15, 0.2) is 23.1 Å². The number of non-ortho nitro benzene ring substituents is 1. The molecule has 7 nitrogen and oxygen atoms in total. The third kappa shape index (κ3) is 3.26. The molecule has 0 aliphatic carbocycles. The Bertz CT molecular complexity index is 663. The first-order valence-electron chi connectivity index (χ1n) is 5.79. The highest BCUT2D eigenvalue weighted by Crippen LogP contribution is 2.33. The van der Waals surface area contributed by atoms with Gasteiger partial charge in [0.05, 0.1) is 31.8 Å². The van der Waals surface area contributed by atoms with Gasteiger partial charge in [0.25, 0.3) is 5.69 Å². The van der Waals surface area contributed by atoms with Crippen LogP contribution in [0, 0.1) is 10.1 Å². The van der Waals surface area contributed by atoms with E-state index in [4.69, 9.17) is 0 Å². The van der Waals surface area contributed by atoms with Crippen molar-refractivity contribution in [1.82, 2.24) is 0 Å². The molecule has 1 aromatic rings. The van der Waals surface area contributed by atoms with Crippen LogP contribution in [0.5, 0.6) is 0 Å². The van der Waals surface area contributed by atoms with Gasteiger partial charge in [-0.05, 0) is 6.07 Å². The second-order valence-corrected chi connectivity index (χ2v) is 9.17. The number of piperidine rings is 1. The van der Waals surface area contributed by atoms with Crippen LogP contribution < -0.4 is 4.90 Å². The molecule has 0 bridgehead atoms. The molecule has 1 fully saturated rings. The smallest absolute Gasteiger partial charge is 0.270 e. The van der Waals surface area contributed by atoms with Gasteiger partial charge in [-0.3, -0.25) is 14.9 Å². The van der Waals surface area contributed by atoms with E-state index >= 15 is 0 Å². The van der Waals surface area contributed by atoms with Crippen LogP contribution in [0.25, 0.3) is 0 Å². The monoisotopic (exact) mass is 410 g/mol. The zero-order valence-electron chi connectivity index (χ0n) is 10.3. The van der Waals surface area contributed by atoms with E-state index in [-0.39, 0.29) is 16.4 Å². The number of rotatable bonds is 3. The van der Waals surface area contributed by atoms with E-state index in [1.165, 1.54) is 33.3 Å². The van der Waals surface area contributed by atoms with Crippen molar-refractivity contribution in [2.45, 2.75) is 17.7 Å². The molecular weight excluding hydrogens is 399 g/mol. The maximum absolute atomic E-state index is 11.8. The minimum Gasteiger partial charge on any atom is -0.370 e. The van der Waals surface area contributed by atoms with Crippen LogP contribution in [0.3, 0.4) is 0 Å². The first kappa shape index (κ1) is 15.2. The number of carbonyl (C=O) groups is 1. The normalized spacial score (nSPS) is 16.2. The summed E-state index contributed by atoms with van der Waals surface area (Å²) in [6, 6.07) is 3.77. The van der Waals surface area contributed by atoms with Crippen molar-refractivity contribution < 1.29 is 18.1 Å². The van der Waals surface area contributed by atoms with Gasteiger partial charge in [0.2, 0.25) is 7.01 Å². The molecular formula is C11H11IN2O5S. The highest BCUT2D eigenvalue weighted by Gasteiger charge is 2.25. The average molecular weight is 410 g/mol. The Labute approximate surface area is 127 Å². The number of benzene rings is 1. The zero-order valence-corrected chi connectivity index (χ0v) is 13.3. The standard InChI is InChI=1S/C11H11IN2O5S/c12-20(18,19)11-7-8(14(16)17)1-2-10(11)13-5-3-9(15)4-6-13/h1-2,7H,3-6H2. The second kappa shape index (κ2) is 5.64. The highest BCUT2D eigenvalue weighted by molar-refractivity contribution is 14.2. The van der Waals surface area contributed by atoms with Crippen molar-refractivity contribution in [1.29, 1.82) is 0 Å². The molecule has 9 heteroatoms. The number of hydrogen-bond donors (Lipinski definition) is 0. The number of Topliss-reactive ketones (excluding diaryl/α,β-unsaturated/α-hetero) is 1. The van der Waals surface area contributed by atoms with Crippen molar-refractivity contribution in [2.75, 3.05) is 18.0 Å². The molecule has 1 aliphatic rings. The minimum absolute atomic E-state index is 0.0818. The first-order chi connectivity index (χ1) is 9.29. The van der Waals surface area contributed by atoms with E-state index in [9.17, 15) is 23.3 Å². The van der Waals surface area contributed by atoms with Gasteiger partial charge in [-0.25, -0.2) is 8.42 Å². The number of nitro benzene ring substituents is 1. The number of ketones is 1. The summed E-state index contributed by atoms with van der Waals surface area (Å²) in [5.41, 5.74) is 0.148. The average Bonchev–Trinajstić information content (AvgIpc) is 2.38. The Balaban J connectivity index is 2.47. The maximum Gasteiger partial charge on any atom is 0.270 e.